The number of hydrogen-bond acceptors (Lipinski definition) is 6. The van der Waals surface area contributed by atoms with Crippen LogP contribution in [0.4, 0.5) is 0 Å². The molecule has 0 spiro atoms. The lowest BCUT2D eigenvalue weighted by molar-refractivity contribution is 0.344. The third kappa shape index (κ3) is 4.56. The summed E-state index contributed by atoms with van der Waals surface area (Å²) in [5.41, 5.74) is -0.765. The molecule has 0 N–H and O–H groups in total. The number of aryl methyl sites for hydroxylation is 1. The van der Waals surface area contributed by atoms with Gasteiger partial charge in [-0.15, -0.1) is 11.8 Å². The van der Waals surface area contributed by atoms with Crippen LogP contribution in [-0.2, 0) is 19.5 Å². The van der Waals surface area contributed by atoms with Crippen LogP contribution >= 0.6 is 27.7 Å². The molecule has 0 saturated carbocycles. The first-order valence-corrected chi connectivity index (χ1v) is 10.9. The van der Waals surface area contributed by atoms with Crippen LogP contribution in [0.2, 0.25) is 0 Å². The van der Waals surface area contributed by atoms with E-state index in [0.29, 0.717) is 34.2 Å². The minimum absolute atomic E-state index is 0.325. The summed E-state index contributed by atoms with van der Waals surface area (Å²) >= 11 is 4.82. The van der Waals surface area contributed by atoms with Crippen LogP contribution in [0.15, 0.2) is 43.4 Å². The van der Waals surface area contributed by atoms with Crippen molar-refractivity contribution in [2.24, 2.45) is 14.1 Å². The van der Waals surface area contributed by atoms with Crippen LogP contribution in [0.3, 0.4) is 0 Å². The van der Waals surface area contributed by atoms with Crippen LogP contribution in [0, 0.1) is 0 Å². The van der Waals surface area contributed by atoms with Gasteiger partial charge in [0.2, 0.25) is 0 Å². The van der Waals surface area contributed by atoms with Gasteiger partial charge in [0.15, 0.2) is 5.65 Å². The number of fused-ring (bicyclic) bond motifs is 1. The van der Waals surface area contributed by atoms with Gasteiger partial charge in [-0.1, -0.05) is 36.7 Å². The minimum Gasteiger partial charge on any atom is -0.493 e. The number of thioether (sulfide) groups is 1. The van der Waals surface area contributed by atoms with Crippen LogP contribution in [0.1, 0.15) is 26.6 Å². The lowest BCUT2D eigenvalue weighted by Gasteiger charge is -2.19. The van der Waals surface area contributed by atoms with E-state index in [9.17, 15) is 9.59 Å². The molecule has 1 aromatic carbocycles. The Morgan fingerprint density at radius 2 is 1.72 bits per heavy atom. The van der Waals surface area contributed by atoms with Crippen molar-refractivity contribution in [1.82, 2.24) is 19.1 Å². The maximum absolute atomic E-state index is 12.8. The molecule has 2 heterocycles. The first-order chi connectivity index (χ1) is 13.6. The molecule has 3 aromatic rings. The van der Waals surface area contributed by atoms with Crippen molar-refractivity contribution in [3.8, 4) is 5.75 Å². The average Bonchev–Trinajstić information content (AvgIpc) is 2.68. The number of benzene rings is 1. The van der Waals surface area contributed by atoms with Gasteiger partial charge >= 0.3 is 5.69 Å². The fourth-order valence-electron chi connectivity index (χ4n) is 2.70. The van der Waals surface area contributed by atoms with Gasteiger partial charge in [-0.3, -0.25) is 13.9 Å². The molecule has 0 aliphatic carbocycles. The van der Waals surface area contributed by atoms with Crippen molar-refractivity contribution in [2.45, 2.75) is 31.2 Å². The highest BCUT2D eigenvalue weighted by Crippen LogP contribution is 2.27. The Hall–Kier alpha value is -2.13. The van der Waals surface area contributed by atoms with Crippen LogP contribution in [-0.4, -0.2) is 31.5 Å². The van der Waals surface area contributed by atoms with E-state index in [1.165, 1.54) is 23.4 Å². The standard InChI is InChI=1S/C20H23BrN4O3S/c1-20(2,3)18-22-15-14(17(26)25(5)19(27)24(15)4)16(23-18)29-11-10-28-13-8-6-12(21)7-9-13/h6-9H,10-11H2,1-5H3. The fourth-order valence-corrected chi connectivity index (χ4v) is 3.80. The molecule has 3 rings (SSSR count). The molecule has 0 aliphatic heterocycles. The van der Waals surface area contributed by atoms with Crippen LogP contribution < -0.4 is 16.0 Å². The van der Waals surface area contributed by atoms with Crippen molar-refractivity contribution in [3.63, 3.8) is 0 Å². The maximum atomic E-state index is 12.8. The van der Waals surface area contributed by atoms with E-state index in [0.717, 1.165) is 14.8 Å². The number of aromatic nitrogens is 4. The molecule has 29 heavy (non-hydrogen) atoms. The highest BCUT2D eigenvalue weighted by Gasteiger charge is 2.23. The zero-order valence-corrected chi connectivity index (χ0v) is 19.4. The maximum Gasteiger partial charge on any atom is 0.332 e. The second-order valence-corrected chi connectivity index (χ2v) is 9.66. The van der Waals surface area contributed by atoms with Crippen molar-refractivity contribution >= 4 is 38.7 Å². The smallest absolute Gasteiger partial charge is 0.332 e. The predicted molar refractivity (Wildman–Crippen MR) is 119 cm³/mol. The van der Waals surface area contributed by atoms with Gasteiger partial charge in [0, 0.05) is 29.7 Å². The highest BCUT2D eigenvalue weighted by molar-refractivity contribution is 9.10. The number of rotatable bonds is 5. The van der Waals surface area contributed by atoms with Gasteiger partial charge in [-0.05, 0) is 24.3 Å². The molecular formula is C20H23BrN4O3S. The Balaban J connectivity index is 1.95. The zero-order valence-electron chi connectivity index (χ0n) is 17.0. The van der Waals surface area contributed by atoms with Gasteiger partial charge in [-0.25, -0.2) is 14.8 Å². The van der Waals surface area contributed by atoms with Crippen molar-refractivity contribution in [1.29, 1.82) is 0 Å². The van der Waals surface area contributed by atoms with Crippen LogP contribution in [0.25, 0.3) is 11.0 Å². The number of ether oxygens (including phenoxy) is 1. The van der Waals surface area contributed by atoms with Gasteiger partial charge in [0.05, 0.1) is 6.61 Å². The summed E-state index contributed by atoms with van der Waals surface area (Å²) in [5, 5.41) is 0.923. The topological polar surface area (TPSA) is 79.0 Å². The molecule has 0 saturated heterocycles. The van der Waals surface area contributed by atoms with Gasteiger partial charge in [-0.2, -0.15) is 0 Å². The summed E-state index contributed by atoms with van der Waals surface area (Å²) in [6, 6.07) is 7.61. The second-order valence-electron chi connectivity index (χ2n) is 7.66. The zero-order chi connectivity index (χ0) is 21.3. The van der Waals surface area contributed by atoms with E-state index in [2.05, 4.69) is 25.9 Å². The summed E-state index contributed by atoms with van der Waals surface area (Å²) in [4.78, 5) is 34.3. The van der Waals surface area contributed by atoms with Crippen molar-refractivity contribution < 1.29 is 4.74 Å². The Labute approximate surface area is 181 Å². The number of hydrogen-bond donors (Lipinski definition) is 0. The molecule has 9 heteroatoms. The van der Waals surface area contributed by atoms with Gasteiger partial charge in [0.1, 0.15) is 22.0 Å². The molecule has 2 aromatic heterocycles. The second kappa shape index (κ2) is 8.31. The summed E-state index contributed by atoms with van der Waals surface area (Å²) in [6.45, 7) is 6.45. The first-order valence-electron chi connectivity index (χ1n) is 9.09. The SMILES string of the molecule is Cn1c(=O)c2c(SCCOc3ccc(Br)cc3)nc(C(C)(C)C)nc2n(C)c1=O. The Morgan fingerprint density at radius 1 is 1.07 bits per heavy atom. The average molecular weight is 479 g/mol. The summed E-state index contributed by atoms with van der Waals surface area (Å²) < 4.78 is 9.24. The molecule has 0 bridgehead atoms. The van der Waals surface area contributed by atoms with Crippen molar-refractivity contribution in [2.75, 3.05) is 12.4 Å². The van der Waals surface area contributed by atoms with E-state index in [-0.39, 0.29) is 11.0 Å². The lowest BCUT2D eigenvalue weighted by Crippen LogP contribution is -2.38. The summed E-state index contributed by atoms with van der Waals surface area (Å²) in [7, 11) is 3.08. The van der Waals surface area contributed by atoms with E-state index in [1.807, 2.05) is 45.0 Å². The van der Waals surface area contributed by atoms with Crippen LogP contribution in [0.5, 0.6) is 5.75 Å². The van der Waals surface area contributed by atoms with Gasteiger partial charge < -0.3 is 4.74 Å². The summed E-state index contributed by atoms with van der Waals surface area (Å²) in [6.07, 6.45) is 0. The Bertz CT molecular complexity index is 1160. The normalized spacial score (nSPS) is 11.8. The Morgan fingerprint density at radius 3 is 2.34 bits per heavy atom. The quantitative estimate of drug-likeness (QED) is 0.318. The molecule has 0 fully saturated rings. The molecule has 0 unspecified atom stereocenters. The number of halogens is 1. The molecule has 0 amide bonds. The number of nitrogens with zero attached hydrogens (tertiary/aromatic N) is 4. The molecule has 154 valence electrons. The third-order valence-electron chi connectivity index (χ3n) is 4.34. The largest absolute Gasteiger partial charge is 0.493 e. The molecule has 0 atom stereocenters. The van der Waals surface area contributed by atoms with Crippen molar-refractivity contribution in [3.05, 3.63) is 55.4 Å². The third-order valence-corrected chi connectivity index (χ3v) is 5.81. The molecular weight excluding hydrogens is 456 g/mol. The fraction of sp³-hybridized carbons (Fsp3) is 0.400. The van der Waals surface area contributed by atoms with Gasteiger partial charge in [0.25, 0.3) is 5.56 Å². The Kier molecular flexibility index (Phi) is 6.19. The molecule has 0 radical (unpaired) electrons. The monoisotopic (exact) mass is 478 g/mol. The van der Waals surface area contributed by atoms with E-state index >= 15 is 0 Å². The predicted octanol–water partition coefficient (Wildman–Crippen LogP) is 3.26. The molecule has 7 nitrogen and oxygen atoms in total. The first kappa shape index (κ1) is 21.6. The molecule has 0 aliphatic rings. The summed E-state index contributed by atoms with van der Waals surface area (Å²) in [5.74, 6) is 1.96. The minimum atomic E-state index is -0.407. The van der Waals surface area contributed by atoms with E-state index in [4.69, 9.17) is 4.74 Å². The lowest BCUT2D eigenvalue weighted by atomic mass is 9.96. The van der Waals surface area contributed by atoms with E-state index < -0.39 is 5.69 Å². The highest BCUT2D eigenvalue weighted by atomic mass is 79.9. The van der Waals surface area contributed by atoms with E-state index in [1.54, 1.807) is 7.05 Å².